The maximum atomic E-state index is 10.8. The van der Waals surface area contributed by atoms with E-state index < -0.39 is 5.91 Å². The molecule has 6 nitrogen and oxygen atoms in total. The summed E-state index contributed by atoms with van der Waals surface area (Å²) in [6.45, 7) is 2.36. The zero-order chi connectivity index (χ0) is 15.4. The molecule has 4 N–H and O–H groups in total. The van der Waals surface area contributed by atoms with Gasteiger partial charge in [-0.2, -0.15) is 0 Å². The van der Waals surface area contributed by atoms with E-state index in [-0.39, 0.29) is 25.1 Å². The molecule has 0 bridgehead atoms. The summed E-state index contributed by atoms with van der Waals surface area (Å²) in [6, 6.07) is 3.90. The lowest BCUT2D eigenvalue weighted by Crippen LogP contribution is -2.26. The van der Waals surface area contributed by atoms with Crippen molar-refractivity contribution in [1.82, 2.24) is 4.90 Å². The van der Waals surface area contributed by atoms with Gasteiger partial charge in [0, 0.05) is 25.7 Å². The molecular formula is C14H21Cl2N3O3. The molecule has 0 spiro atoms. The van der Waals surface area contributed by atoms with Crippen LogP contribution in [0.15, 0.2) is 12.1 Å². The van der Waals surface area contributed by atoms with Gasteiger partial charge in [0.15, 0.2) is 18.1 Å². The fourth-order valence-corrected chi connectivity index (χ4v) is 2.70. The van der Waals surface area contributed by atoms with Crippen LogP contribution >= 0.6 is 24.0 Å². The van der Waals surface area contributed by atoms with Gasteiger partial charge in [-0.05, 0) is 24.1 Å². The molecule has 1 atom stereocenters. The number of likely N-dealkylation sites (tertiary alicyclic amines) is 1. The van der Waals surface area contributed by atoms with Crippen LogP contribution in [0.1, 0.15) is 12.0 Å². The van der Waals surface area contributed by atoms with Crippen molar-refractivity contribution in [2.75, 3.05) is 26.8 Å². The van der Waals surface area contributed by atoms with Crippen LogP contribution in [0, 0.1) is 0 Å². The van der Waals surface area contributed by atoms with E-state index >= 15 is 0 Å². The molecule has 1 unspecified atom stereocenters. The minimum absolute atomic E-state index is 0. The van der Waals surface area contributed by atoms with E-state index in [1.54, 1.807) is 0 Å². The first-order valence-corrected chi connectivity index (χ1v) is 7.13. The SMILES string of the molecule is COc1cc(CN2CCC(N)C2)cc(Cl)c1OCC(N)=O.Cl. The standard InChI is InChI=1S/C14H20ClN3O3.ClH/c1-20-12-5-9(6-18-3-2-10(16)7-18)4-11(15)14(12)21-8-13(17)19;/h4-5,10H,2-3,6-8,16H2,1H3,(H2,17,19);1H. The molecule has 0 aromatic heterocycles. The summed E-state index contributed by atoms with van der Waals surface area (Å²) in [5.41, 5.74) is 12.0. The third-order valence-corrected chi connectivity index (χ3v) is 3.64. The lowest BCUT2D eigenvalue weighted by Gasteiger charge is -2.18. The Hall–Kier alpha value is -1.21. The minimum Gasteiger partial charge on any atom is -0.493 e. The van der Waals surface area contributed by atoms with Gasteiger partial charge in [-0.25, -0.2) is 0 Å². The first-order chi connectivity index (χ1) is 9.99. The molecule has 1 saturated heterocycles. The number of carbonyl (C=O) groups excluding carboxylic acids is 1. The fraction of sp³-hybridized carbons (Fsp3) is 0.500. The summed E-state index contributed by atoms with van der Waals surface area (Å²) in [6.07, 6.45) is 1.00. The molecule has 1 fully saturated rings. The minimum atomic E-state index is -0.566. The molecule has 124 valence electrons. The second-order valence-electron chi connectivity index (χ2n) is 5.15. The van der Waals surface area contributed by atoms with Crippen molar-refractivity contribution in [3.05, 3.63) is 22.7 Å². The highest BCUT2D eigenvalue weighted by molar-refractivity contribution is 6.32. The lowest BCUT2D eigenvalue weighted by atomic mass is 10.2. The first kappa shape index (κ1) is 18.8. The van der Waals surface area contributed by atoms with E-state index in [1.807, 2.05) is 12.1 Å². The van der Waals surface area contributed by atoms with Crippen LogP contribution in [-0.4, -0.2) is 43.7 Å². The van der Waals surface area contributed by atoms with Gasteiger partial charge in [-0.3, -0.25) is 9.69 Å². The summed E-state index contributed by atoms with van der Waals surface area (Å²) in [4.78, 5) is 13.1. The number of methoxy groups -OCH3 is 1. The molecule has 1 aromatic rings. The second kappa shape index (κ2) is 8.43. The van der Waals surface area contributed by atoms with Gasteiger partial charge < -0.3 is 20.9 Å². The Morgan fingerprint density at radius 2 is 2.23 bits per heavy atom. The number of amides is 1. The number of nitrogens with zero attached hydrogens (tertiary/aromatic N) is 1. The van der Waals surface area contributed by atoms with Crippen LogP contribution in [0.5, 0.6) is 11.5 Å². The normalized spacial score (nSPS) is 17.9. The highest BCUT2D eigenvalue weighted by atomic mass is 35.5. The molecule has 8 heteroatoms. The van der Waals surface area contributed by atoms with Crippen molar-refractivity contribution in [3.8, 4) is 11.5 Å². The smallest absolute Gasteiger partial charge is 0.255 e. The molecule has 0 saturated carbocycles. The van der Waals surface area contributed by atoms with Crippen LogP contribution in [-0.2, 0) is 11.3 Å². The van der Waals surface area contributed by atoms with E-state index in [4.69, 9.17) is 32.5 Å². The van der Waals surface area contributed by atoms with Crippen LogP contribution in [0.3, 0.4) is 0 Å². The molecule has 1 heterocycles. The van der Waals surface area contributed by atoms with Crippen molar-refractivity contribution in [2.45, 2.75) is 19.0 Å². The predicted molar refractivity (Wildman–Crippen MR) is 87.8 cm³/mol. The summed E-state index contributed by atoms with van der Waals surface area (Å²) in [5.74, 6) is 0.255. The maximum Gasteiger partial charge on any atom is 0.255 e. The number of nitrogens with two attached hydrogens (primary N) is 2. The van der Waals surface area contributed by atoms with Crippen LogP contribution < -0.4 is 20.9 Å². The van der Waals surface area contributed by atoms with Gasteiger partial charge >= 0.3 is 0 Å². The van der Waals surface area contributed by atoms with Crippen LogP contribution in [0.25, 0.3) is 0 Å². The highest BCUT2D eigenvalue weighted by Crippen LogP contribution is 2.36. The van der Waals surface area contributed by atoms with Crippen molar-refractivity contribution < 1.29 is 14.3 Å². The molecule has 1 aliphatic rings. The third-order valence-electron chi connectivity index (χ3n) is 3.36. The Balaban J connectivity index is 0.00000242. The first-order valence-electron chi connectivity index (χ1n) is 6.75. The molecule has 22 heavy (non-hydrogen) atoms. The van der Waals surface area contributed by atoms with Crippen molar-refractivity contribution in [2.24, 2.45) is 11.5 Å². The lowest BCUT2D eigenvalue weighted by molar-refractivity contribution is -0.119. The molecule has 1 aromatic carbocycles. The molecule has 0 aliphatic carbocycles. The van der Waals surface area contributed by atoms with Crippen molar-refractivity contribution in [1.29, 1.82) is 0 Å². The van der Waals surface area contributed by atoms with E-state index in [0.717, 1.165) is 31.6 Å². The molecule has 2 rings (SSSR count). The predicted octanol–water partition coefficient (Wildman–Crippen LogP) is 1.17. The Kier molecular flexibility index (Phi) is 7.22. The summed E-state index contributed by atoms with van der Waals surface area (Å²) in [5, 5.41) is 0.397. The van der Waals surface area contributed by atoms with Crippen molar-refractivity contribution in [3.63, 3.8) is 0 Å². The number of carbonyl (C=O) groups is 1. The Morgan fingerprint density at radius 3 is 2.77 bits per heavy atom. The van der Waals surface area contributed by atoms with Gasteiger partial charge in [0.1, 0.15) is 0 Å². The van der Waals surface area contributed by atoms with Gasteiger partial charge in [-0.15, -0.1) is 12.4 Å². The molecule has 1 aliphatic heterocycles. The van der Waals surface area contributed by atoms with Gasteiger partial charge in [0.05, 0.1) is 12.1 Å². The quantitative estimate of drug-likeness (QED) is 0.804. The monoisotopic (exact) mass is 349 g/mol. The van der Waals surface area contributed by atoms with E-state index in [2.05, 4.69) is 4.90 Å². The number of halogens is 2. The average molecular weight is 350 g/mol. The van der Waals surface area contributed by atoms with Crippen molar-refractivity contribution >= 4 is 29.9 Å². The average Bonchev–Trinajstić information content (AvgIpc) is 2.82. The third kappa shape index (κ3) is 4.91. The number of ether oxygens (including phenoxy) is 2. The van der Waals surface area contributed by atoms with Crippen LogP contribution in [0.4, 0.5) is 0 Å². The van der Waals surface area contributed by atoms with Gasteiger partial charge in [0.2, 0.25) is 0 Å². The van der Waals surface area contributed by atoms with Gasteiger partial charge in [-0.1, -0.05) is 11.6 Å². The number of rotatable bonds is 6. The molecule has 1 amide bonds. The largest absolute Gasteiger partial charge is 0.493 e. The summed E-state index contributed by atoms with van der Waals surface area (Å²) >= 11 is 6.21. The Bertz CT molecular complexity index is 528. The number of hydrogen-bond acceptors (Lipinski definition) is 5. The highest BCUT2D eigenvalue weighted by Gasteiger charge is 2.20. The number of hydrogen-bond donors (Lipinski definition) is 2. The summed E-state index contributed by atoms with van der Waals surface area (Å²) in [7, 11) is 1.53. The van der Waals surface area contributed by atoms with Gasteiger partial charge in [0.25, 0.3) is 5.91 Å². The Morgan fingerprint density at radius 1 is 1.50 bits per heavy atom. The molecule has 0 radical (unpaired) electrons. The fourth-order valence-electron chi connectivity index (χ4n) is 2.41. The molecular weight excluding hydrogens is 329 g/mol. The number of primary amides is 1. The topological polar surface area (TPSA) is 90.8 Å². The second-order valence-corrected chi connectivity index (χ2v) is 5.56. The van der Waals surface area contributed by atoms with E-state index in [9.17, 15) is 4.79 Å². The maximum absolute atomic E-state index is 10.8. The van der Waals surface area contributed by atoms with E-state index in [0.29, 0.717) is 16.5 Å². The van der Waals surface area contributed by atoms with Crippen LogP contribution in [0.2, 0.25) is 5.02 Å². The Labute approximate surface area is 141 Å². The van der Waals surface area contributed by atoms with E-state index in [1.165, 1.54) is 7.11 Å². The zero-order valence-corrected chi connectivity index (χ0v) is 14.0. The summed E-state index contributed by atoms with van der Waals surface area (Å²) < 4.78 is 10.6. The number of benzene rings is 1. The zero-order valence-electron chi connectivity index (χ0n) is 12.4.